The normalized spacial score (nSPS) is 10.1. The maximum Gasteiger partial charge on any atom is 0.258 e. The van der Waals surface area contributed by atoms with Crippen molar-refractivity contribution in [2.75, 3.05) is 11.1 Å². The van der Waals surface area contributed by atoms with Crippen LogP contribution in [-0.4, -0.2) is 15.7 Å². The van der Waals surface area contributed by atoms with Crippen molar-refractivity contribution in [1.82, 2.24) is 9.78 Å². The highest BCUT2D eigenvalue weighted by Gasteiger charge is 2.07. The van der Waals surface area contributed by atoms with Gasteiger partial charge in [-0.25, -0.2) is 0 Å². The highest BCUT2D eigenvalue weighted by atomic mass is 16.1. The predicted octanol–water partition coefficient (Wildman–Crippen LogP) is 1.25. The number of hydrogen-bond acceptors (Lipinski definition) is 3. The standard InChI is InChI=1S/C11H12N4O/c1-15-7-8(6-13-15)11(16)14-10-4-2-9(12)3-5-10/h2-7H,12H2,1H3,(H,14,16). The van der Waals surface area contributed by atoms with Crippen LogP contribution in [0.4, 0.5) is 11.4 Å². The largest absolute Gasteiger partial charge is 0.399 e. The summed E-state index contributed by atoms with van der Waals surface area (Å²) in [5.41, 5.74) is 7.45. The number of nitrogens with two attached hydrogens (primary N) is 1. The second kappa shape index (κ2) is 4.06. The van der Waals surface area contributed by atoms with E-state index in [0.717, 1.165) is 0 Å². The Morgan fingerprint density at radius 2 is 2.06 bits per heavy atom. The van der Waals surface area contributed by atoms with Crippen molar-refractivity contribution in [3.63, 3.8) is 0 Å². The lowest BCUT2D eigenvalue weighted by molar-refractivity contribution is 0.102. The lowest BCUT2D eigenvalue weighted by Crippen LogP contribution is -2.10. The molecule has 5 nitrogen and oxygen atoms in total. The Hall–Kier alpha value is -2.30. The minimum absolute atomic E-state index is 0.183. The third-order valence-corrected chi connectivity index (χ3v) is 2.14. The number of carbonyl (C=O) groups is 1. The quantitative estimate of drug-likeness (QED) is 0.742. The van der Waals surface area contributed by atoms with E-state index in [2.05, 4.69) is 10.4 Å². The van der Waals surface area contributed by atoms with Crippen LogP contribution in [-0.2, 0) is 7.05 Å². The Morgan fingerprint density at radius 1 is 1.38 bits per heavy atom. The van der Waals surface area contributed by atoms with Crippen molar-refractivity contribution in [2.24, 2.45) is 7.05 Å². The number of hydrogen-bond donors (Lipinski definition) is 2. The number of benzene rings is 1. The van der Waals surface area contributed by atoms with Crippen LogP contribution in [0.5, 0.6) is 0 Å². The third kappa shape index (κ3) is 2.20. The summed E-state index contributed by atoms with van der Waals surface area (Å²) in [6.07, 6.45) is 3.18. The Morgan fingerprint density at radius 3 is 2.62 bits per heavy atom. The number of nitrogen functional groups attached to an aromatic ring is 1. The lowest BCUT2D eigenvalue weighted by Gasteiger charge is -2.03. The molecule has 0 saturated carbocycles. The third-order valence-electron chi connectivity index (χ3n) is 2.14. The highest BCUT2D eigenvalue weighted by molar-refractivity contribution is 6.03. The molecule has 16 heavy (non-hydrogen) atoms. The minimum Gasteiger partial charge on any atom is -0.399 e. The molecule has 0 aliphatic rings. The van der Waals surface area contributed by atoms with E-state index in [1.54, 1.807) is 42.2 Å². The number of rotatable bonds is 2. The van der Waals surface area contributed by atoms with Crippen LogP contribution < -0.4 is 11.1 Å². The van der Waals surface area contributed by atoms with E-state index < -0.39 is 0 Å². The van der Waals surface area contributed by atoms with Crippen molar-refractivity contribution in [3.05, 3.63) is 42.2 Å². The van der Waals surface area contributed by atoms with Gasteiger partial charge in [-0.05, 0) is 24.3 Å². The number of aryl methyl sites for hydroxylation is 1. The van der Waals surface area contributed by atoms with E-state index in [-0.39, 0.29) is 5.91 Å². The molecule has 0 radical (unpaired) electrons. The first kappa shape index (κ1) is 10.2. The Kier molecular flexibility index (Phi) is 2.59. The Bertz CT molecular complexity index is 501. The summed E-state index contributed by atoms with van der Waals surface area (Å²) in [6.45, 7) is 0. The summed E-state index contributed by atoms with van der Waals surface area (Å²) in [5, 5.41) is 6.68. The highest BCUT2D eigenvalue weighted by Crippen LogP contribution is 2.11. The van der Waals surface area contributed by atoms with Crippen molar-refractivity contribution < 1.29 is 4.79 Å². The van der Waals surface area contributed by atoms with Gasteiger partial charge in [0.05, 0.1) is 11.8 Å². The molecule has 2 rings (SSSR count). The van der Waals surface area contributed by atoms with Crippen LogP contribution in [0, 0.1) is 0 Å². The van der Waals surface area contributed by atoms with Gasteiger partial charge >= 0.3 is 0 Å². The van der Waals surface area contributed by atoms with E-state index in [4.69, 9.17) is 5.73 Å². The molecule has 0 unspecified atom stereocenters. The lowest BCUT2D eigenvalue weighted by atomic mass is 10.2. The molecule has 0 saturated heterocycles. The van der Waals surface area contributed by atoms with Gasteiger partial charge in [-0.1, -0.05) is 0 Å². The summed E-state index contributed by atoms with van der Waals surface area (Å²) in [4.78, 5) is 11.7. The molecular formula is C11H12N4O. The van der Waals surface area contributed by atoms with Gasteiger partial charge in [0.1, 0.15) is 0 Å². The zero-order valence-corrected chi connectivity index (χ0v) is 8.84. The van der Waals surface area contributed by atoms with Gasteiger partial charge < -0.3 is 11.1 Å². The molecular weight excluding hydrogens is 204 g/mol. The van der Waals surface area contributed by atoms with Crippen LogP contribution in [0.3, 0.4) is 0 Å². The van der Waals surface area contributed by atoms with Crippen LogP contribution in [0.1, 0.15) is 10.4 Å². The zero-order valence-electron chi connectivity index (χ0n) is 8.84. The molecule has 2 aromatic rings. The second-order valence-electron chi connectivity index (χ2n) is 3.48. The molecule has 1 heterocycles. The minimum atomic E-state index is -0.183. The number of carbonyl (C=O) groups excluding carboxylic acids is 1. The summed E-state index contributed by atoms with van der Waals surface area (Å²) in [6, 6.07) is 6.98. The van der Waals surface area contributed by atoms with Gasteiger partial charge in [-0.15, -0.1) is 0 Å². The van der Waals surface area contributed by atoms with E-state index in [1.165, 1.54) is 6.20 Å². The number of nitrogens with one attached hydrogen (secondary N) is 1. The first-order valence-corrected chi connectivity index (χ1v) is 4.81. The molecule has 82 valence electrons. The fourth-order valence-electron chi connectivity index (χ4n) is 1.31. The maximum absolute atomic E-state index is 11.7. The van der Waals surface area contributed by atoms with Gasteiger partial charge in [0, 0.05) is 24.6 Å². The zero-order chi connectivity index (χ0) is 11.5. The predicted molar refractivity (Wildman–Crippen MR) is 62.0 cm³/mol. The van der Waals surface area contributed by atoms with Gasteiger partial charge in [0.25, 0.3) is 5.91 Å². The van der Waals surface area contributed by atoms with Crippen LogP contribution >= 0.6 is 0 Å². The monoisotopic (exact) mass is 216 g/mol. The van der Waals surface area contributed by atoms with Crippen molar-refractivity contribution in [3.8, 4) is 0 Å². The number of nitrogens with zero attached hydrogens (tertiary/aromatic N) is 2. The molecule has 0 fully saturated rings. The Labute approximate surface area is 92.9 Å². The van der Waals surface area contributed by atoms with Gasteiger partial charge in [-0.3, -0.25) is 9.48 Å². The summed E-state index contributed by atoms with van der Waals surface area (Å²) in [5.74, 6) is -0.183. The van der Waals surface area contributed by atoms with Gasteiger partial charge in [0.15, 0.2) is 0 Å². The number of aromatic nitrogens is 2. The molecule has 0 atom stereocenters. The number of amides is 1. The molecule has 0 spiro atoms. The van der Waals surface area contributed by atoms with Gasteiger partial charge in [-0.2, -0.15) is 5.10 Å². The first-order chi connectivity index (χ1) is 7.65. The van der Waals surface area contributed by atoms with E-state index in [9.17, 15) is 4.79 Å². The topological polar surface area (TPSA) is 72.9 Å². The van der Waals surface area contributed by atoms with Gasteiger partial charge in [0.2, 0.25) is 0 Å². The molecule has 1 amide bonds. The summed E-state index contributed by atoms with van der Waals surface area (Å²) >= 11 is 0. The van der Waals surface area contributed by atoms with Crippen molar-refractivity contribution in [2.45, 2.75) is 0 Å². The molecule has 0 aliphatic carbocycles. The summed E-state index contributed by atoms with van der Waals surface area (Å²) in [7, 11) is 1.76. The maximum atomic E-state index is 11.7. The fourth-order valence-corrected chi connectivity index (χ4v) is 1.31. The van der Waals surface area contributed by atoms with Crippen LogP contribution in [0.15, 0.2) is 36.7 Å². The fraction of sp³-hybridized carbons (Fsp3) is 0.0909. The molecule has 1 aromatic heterocycles. The SMILES string of the molecule is Cn1cc(C(=O)Nc2ccc(N)cc2)cn1. The van der Waals surface area contributed by atoms with E-state index in [1.807, 2.05) is 0 Å². The Balaban J connectivity index is 2.10. The smallest absolute Gasteiger partial charge is 0.258 e. The van der Waals surface area contributed by atoms with Crippen LogP contribution in [0.2, 0.25) is 0 Å². The summed E-state index contributed by atoms with van der Waals surface area (Å²) < 4.78 is 1.58. The van der Waals surface area contributed by atoms with Crippen molar-refractivity contribution >= 4 is 17.3 Å². The molecule has 1 aromatic carbocycles. The van der Waals surface area contributed by atoms with E-state index >= 15 is 0 Å². The van der Waals surface area contributed by atoms with Crippen molar-refractivity contribution in [1.29, 1.82) is 0 Å². The molecule has 3 N–H and O–H groups in total. The second-order valence-corrected chi connectivity index (χ2v) is 3.48. The average Bonchev–Trinajstić information content (AvgIpc) is 2.68. The average molecular weight is 216 g/mol. The molecule has 0 bridgehead atoms. The molecule has 0 aliphatic heterocycles. The number of anilines is 2. The molecule has 5 heteroatoms. The van der Waals surface area contributed by atoms with Crippen LogP contribution in [0.25, 0.3) is 0 Å². The first-order valence-electron chi connectivity index (χ1n) is 4.81. The van der Waals surface area contributed by atoms with E-state index in [0.29, 0.717) is 16.9 Å².